The van der Waals surface area contributed by atoms with Crippen LogP contribution in [0, 0.1) is 5.82 Å². The Morgan fingerprint density at radius 3 is 2.35 bits per heavy atom. The first-order chi connectivity index (χ1) is 12.5. The Morgan fingerprint density at radius 1 is 1.12 bits per heavy atom. The first kappa shape index (κ1) is 18.8. The first-order valence-electron chi connectivity index (χ1n) is 8.90. The predicted molar refractivity (Wildman–Crippen MR) is 95.0 cm³/mol. The average molecular weight is 364 g/mol. The molecule has 3 N–H and O–H groups in total. The van der Waals surface area contributed by atoms with Crippen LogP contribution in [-0.4, -0.2) is 73.1 Å². The molecular weight excluding hydrogens is 339 g/mol. The van der Waals surface area contributed by atoms with Crippen molar-refractivity contribution in [1.29, 1.82) is 0 Å². The minimum atomic E-state index is -0.819. The van der Waals surface area contributed by atoms with Crippen molar-refractivity contribution >= 4 is 17.5 Å². The van der Waals surface area contributed by atoms with Gasteiger partial charge < -0.3 is 20.7 Å². The van der Waals surface area contributed by atoms with Gasteiger partial charge >= 0.3 is 0 Å². The van der Waals surface area contributed by atoms with E-state index in [4.69, 9.17) is 10.5 Å². The number of amides is 2. The fourth-order valence-electron chi connectivity index (χ4n) is 3.31. The van der Waals surface area contributed by atoms with Crippen molar-refractivity contribution in [2.75, 3.05) is 51.3 Å². The van der Waals surface area contributed by atoms with Gasteiger partial charge in [0.1, 0.15) is 5.82 Å². The Morgan fingerprint density at radius 2 is 1.73 bits per heavy atom. The number of nitrogens with two attached hydrogens (primary N) is 1. The highest BCUT2D eigenvalue weighted by molar-refractivity contribution is 5.92. The molecule has 1 aromatic rings. The second-order valence-electron chi connectivity index (χ2n) is 6.89. The monoisotopic (exact) mass is 364 g/mol. The molecule has 0 bridgehead atoms. The van der Waals surface area contributed by atoms with E-state index >= 15 is 0 Å². The molecule has 2 aliphatic rings. The van der Waals surface area contributed by atoms with Gasteiger partial charge in [-0.15, -0.1) is 0 Å². The van der Waals surface area contributed by atoms with Crippen LogP contribution < -0.4 is 11.1 Å². The summed E-state index contributed by atoms with van der Waals surface area (Å²) in [4.78, 5) is 28.6. The van der Waals surface area contributed by atoms with Gasteiger partial charge in [-0.1, -0.05) is 0 Å². The average Bonchev–Trinajstić information content (AvgIpc) is 2.64. The molecule has 2 heterocycles. The molecule has 0 saturated carbocycles. The highest BCUT2D eigenvalue weighted by Gasteiger charge is 2.39. The minimum Gasteiger partial charge on any atom is -0.381 e. The Hall–Kier alpha value is -2.03. The van der Waals surface area contributed by atoms with E-state index in [1.54, 1.807) is 4.90 Å². The van der Waals surface area contributed by atoms with E-state index in [2.05, 4.69) is 5.32 Å². The predicted octanol–water partition coefficient (Wildman–Crippen LogP) is 0.416. The van der Waals surface area contributed by atoms with Gasteiger partial charge in [0.2, 0.25) is 11.8 Å². The number of carbonyl (C=O) groups excluding carboxylic acids is 2. The molecule has 0 aromatic heterocycles. The molecule has 2 aliphatic heterocycles. The van der Waals surface area contributed by atoms with E-state index in [-0.39, 0.29) is 24.2 Å². The summed E-state index contributed by atoms with van der Waals surface area (Å²) in [5.74, 6) is -0.515. The third-order valence-electron chi connectivity index (χ3n) is 4.97. The van der Waals surface area contributed by atoms with E-state index < -0.39 is 5.54 Å². The van der Waals surface area contributed by atoms with Crippen molar-refractivity contribution in [1.82, 2.24) is 9.80 Å². The molecule has 0 radical (unpaired) electrons. The van der Waals surface area contributed by atoms with Crippen molar-refractivity contribution in [3.8, 4) is 0 Å². The van der Waals surface area contributed by atoms with Crippen LogP contribution in [0.2, 0.25) is 0 Å². The maximum absolute atomic E-state index is 12.9. The van der Waals surface area contributed by atoms with E-state index in [1.807, 2.05) is 4.90 Å². The van der Waals surface area contributed by atoms with Gasteiger partial charge in [-0.3, -0.25) is 14.5 Å². The molecule has 142 valence electrons. The minimum absolute atomic E-state index is 0.0174. The standard InChI is InChI=1S/C18H25FN4O3/c19-14-1-3-15(4-2-14)21-16(24)13-22-7-9-23(10-8-22)17(25)18(20)5-11-26-12-6-18/h1-4H,5-13,20H2,(H,21,24). The van der Waals surface area contributed by atoms with Gasteiger partial charge in [-0.25, -0.2) is 4.39 Å². The zero-order valence-electron chi connectivity index (χ0n) is 14.7. The fourth-order valence-corrected chi connectivity index (χ4v) is 3.31. The van der Waals surface area contributed by atoms with Gasteiger partial charge in [0.15, 0.2) is 0 Å². The lowest BCUT2D eigenvalue weighted by Crippen LogP contribution is -2.61. The number of hydrogen-bond acceptors (Lipinski definition) is 5. The largest absolute Gasteiger partial charge is 0.381 e. The molecule has 1 aromatic carbocycles. The Bertz CT molecular complexity index is 638. The number of hydrogen-bond donors (Lipinski definition) is 2. The SMILES string of the molecule is NC1(C(=O)N2CCN(CC(=O)Nc3ccc(F)cc3)CC2)CCOCC1. The summed E-state index contributed by atoms with van der Waals surface area (Å²) in [7, 11) is 0. The Kier molecular flexibility index (Phi) is 5.85. The number of carbonyl (C=O) groups is 2. The molecule has 3 rings (SSSR count). The maximum Gasteiger partial charge on any atom is 0.242 e. The molecule has 0 unspecified atom stereocenters. The van der Waals surface area contributed by atoms with Crippen LogP contribution >= 0.6 is 0 Å². The summed E-state index contributed by atoms with van der Waals surface area (Å²) >= 11 is 0. The molecule has 0 atom stereocenters. The molecule has 0 spiro atoms. The number of piperazine rings is 1. The Balaban J connectivity index is 1.45. The third-order valence-corrected chi connectivity index (χ3v) is 4.97. The molecule has 0 aliphatic carbocycles. The zero-order chi connectivity index (χ0) is 18.6. The van der Waals surface area contributed by atoms with E-state index in [9.17, 15) is 14.0 Å². The second-order valence-corrected chi connectivity index (χ2v) is 6.89. The van der Waals surface area contributed by atoms with Crippen LogP contribution in [0.4, 0.5) is 10.1 Å². The number of halogens is 1. The maximum atomic E-state index is 12.9. The lowest BCUT2D eigenvalue weighted by molar-refractivity contribution is -0.142. The fraction of sp³-hybridized carbons (Fsp3) is 0.556. The number of nitrogens with zero attached hydrogens (tertiary/aromatic N) is 2. The number of anilines is 1. The highest BCUT2D eigenvalue weighted by atomic mass is 19.1. The van der Waals surface area contributed by atoms with Gasteiger partial charge in [0.25, 0.3) is 0 Å². The van der Waals surface area contributed by atoms with E-state index in [0.717, 1.165) is 0 Å². The van der Waals surface area contributed by atoms with Crippen LogP contribution in [0.1, 0.15) is 12.8 Å². The smallest absolute Gasteiger partial charge is 0.242 e. The number of ether oxygens (including phenoxy) is 1. The van der Waals surface area contributed by atoms with Gasteiger partial charge in [0, 0.05) is 45.1 Å². The van der Waals surface area contributed by atoms with Crippen LogP contribution in [0.15, 0.2) is 24.3 Å². The van der Waals surface area contributed by atoms with Gasteiger partial charge in [-0.2, -0.15) is 0 Å². The number of benzene rings is 1. The molecule has 8 heteroatoms. The van der Waals surface area contributed by atoms with E-state index in [0.29, 0.717) is 57.9 Å². The lowest BCUT2D eigenvalue weighted by Gasteiger charge is -2.40. The van der Waals surface area contributed by atoms with Gasteiger partial charge in [0.05, 0.1) is 12.1 Å². The molecule has 2 amide bonds. The summed E-state index contributed by atoms with van der Waals surface area (Å²) in [5, 5.41) is 2.75. The zero-order valence-corrected chi connectivity index (χ0v) is 14.7. The normalized spacial score (nSPS) is 20.6. The van der Waals surface area contributed by atoms with Crippen molar-refractivity contribution < 1.29 is 18.7 Å². The van der Waals surface area contributed by atoms with Crippen LogP contribution in [0.25, 0.3) is 0 Å². The number of rotatable bonds is 4. The number of nitrogens with one attached hydrogen (secondary N) is 1. The highest BCUT2D eigenvalue weighted by Crippen LogP contribution is 2.21. The van der Waals surface area contributed by atoms with Gasteiger partial charge in [-0.05, 0) is 37.1 Å². The van der Waals surface area contributed by atoms with Crippen molar-refractivity contribution in [2.45, 2.75) is 18.4 Å². The van der Waals surface area contributed by atoms with Crippen LogP contribution in [0.5, 0.6) is 0 Å². The van der Waals surface area contributed by atoms with Crippen LogP contribution in [-0.2, 0) is 14.3 Å². The van der Waals surface area contributed by atoms with Crippen molar-refractivity contribution in [3.63, 3.8) is 0 Å². The summed E-state index contributed by atoms with van der Waals surface area (Å²) < 4.78 is 18.2. The molecular formula is C18H25FN4O3. The topological polar surface area (TPSA) is 87.9 Å². The lowest BCUT2D eigenvalue weighted by atomic mass is 9.89. The van der Waals surface area contributed by atoms with Crippen molar-refractivity contribution in [3.05, 3.63) is 30.1 Å². The summed E-state index contributed by atoms with van der Waals surface area (Å²) in [6, 6.07) is 5.66. The quantitative estimate of drug-likeness (QED) is 0.808. The summed E-state index contributed by atoms with van der Waals surface area (Å²) in [6.07, 6.45) is 1.10. The van der Waals surface area contributed by atoms with E-state index in [1.165, 1.54) is 24.3 Å². The summed E-state index contributed by atoms with van der Waals surface area (Å²) in [5.41, 5.74) is 6.02. The van der Waals surface area contributed by atoms with Crippen LogP contribution in [0.3, 0.4) is 0 Å². The molecule has 2 saturated heterocycles. The molecule has 7 nitrogen and oxygen atoms in total. The molecule has 2 fully saturated rings. The molecule has 26 heavy (non-hydrogen) atoms. The summed E-state index contributed by atoms with van der Waals surface area (Å²) in [6.45, 7) is 3.63. The third kappa shape index (κ3) is 4.57. The first-order valence-corrected chi connectivity index (χ1v) is 8.90. The second kappa shape index (κ2) is 8.11. The van der Waals surface area contributed by atoms with Crippen molar-refractivity contribution in [2.24, 2.45) is 5.73 Å². The Labute approximate surface area is 152 Å².